The number of methoxy groups -OCH3 is 3. The fraction of sp³-hybridized carbons (Fsp3) is 0.419. The van der Waals surface area contributed by atoms with Crippen LogP contribution in [-0.4, -0.2) is 39.3 Å². The molecule has 3 aromatic carbocycles. The molecular formula is C31H36O8. The van der Waals surface area contributed by atoms with Crippen molar-refractivity contribution in [1.82, 2.24) is 0 Å². The highest BCUT2D eigenvalue weighted by molar-refractivity contribution is 5.47. The number of hydrogen-bond donors (Lipinski definition) is 1. The van der Waals surface area contributed by atoms with Gasteiger partial charge in [0.1, 0.15) is 12.2 Å². The van der Waals surface area contributed by atoms with Gasteiger partial charge in [-0.2, -0.15) is 0 Å². The first kappa shape index (κ1) is 27.0. The van der Waals surface area contributed by atoms with Crippen molar-refractivity contribution in [2.75, 3.05) is 28.1 Å². The Balaban J connectivity index is 1.32. The minimum absolute atomic E-state index is 0.0939. The van der Waals surface area contributed by atoms with Crippen LogP contribution in [0.25, 0.3) is 0 Å². The molecule has 1 fully saturated rings. The largest absolute Gasteiger partial charge is 0.493 e. The predicted molar refractivity (Wildman–Crippen MR) is 145 cm³/mol. The predicted octanol–water partition coefficient (Wildman–Crippen LogP) is 6.03. The molecule has 0 saturated carbocycles. The quantitative estimate of drug-likeness (QED) is 0.355. The van der Waals surface area contributed by atoms with E-state index in [-0.39, 0.29) is 30.8 Å². The van der Waals surface area contributed by atoms with Gasteiger partial charge in [0.2, 0.25) is 6.79 Å². The van der Waals surface area contributed by atoms with E-state index >= 15 is 0 Å². The first-order valence-corrected chi connectivity index (χ1v) is 13.1. The molecule has 208 valence electrons. The first-order valence-electron chi connectivity index (χ1n) is 13.1. The monoisotopic (exact) mass is 536 g/mol. The van der Waals surface area contributed by atoms with Crippen molar-refractivity contribution in [1.29, 1.82) is 0 Å². The van der Waals surface area contributed by atoms with Crippen LogP contribution < -0.4 is 28.4 Å². The molecule has 2 heterocycles. The van der Waals surface area contributed by atoms with Crippen LogP contribution in [0.5, 0.6) is 34.5 Å². The van der Waals surface area contributed by atoms with E-state index in [1.54, 1.807) is 33.5 Å². The van der Waals surface area contributed by atoms with Crippen molar-refractivity contribution in [2.45, 2.75) is 45.2 Å². The lowest BCUT2D eigenvalue weighted by Gasteiger charge is -2.23. The maximum Gasteiger partial charge on any atom is 0.231 e. The van der Waals surface area contributed by atoms with E-state index in [1.807, 2.05) is 49.4 Å². The Hall–Kier alpha value is -3.62. The van der Waals surface area contributed by atoms with Gasteiger partial charge in [-0.05, 0) is 71.8 Å². The Labute approximate surface area is 229 Å². The van der Waals surface area contributed by atoms with Gasteiger partial charge in [-0.25, -0.2) is 0 Å². The van der Waals surface area contributed by atoms with E-state index in [4.69, 9.17) is 33.2 Å². The SMILES string of the molecule is COc1ccc([C@H]2O[C@H](c3ccc(O[C@H](C)[C@H](O)c4ccc5c(c4)OCO5)c(OC)c3)[C@H](C)[C@H]2C)cc1OC. The summed E-state index contributed by atoms with van der Waals surface area (Å²) in [6, 6.07) is 17.2. The zero-order valence-corrected chi connectivity index (χ0v) is 23.2. The molecule has 0 aliphatic carbocycles. The molecule has 39 heavy (non-hydrogen) atoms. The number of rotatable bonds is 9. The van der Waals surface area contributed by atoms with Gasteiger partial charge in [0.15, 0.2) is 34.5 Å². The molecule has 0 unspecified atom stereocenters. The molecule has 8 nitrogen and oxygen atoms in total. The Morgan fingerprint density at radius 3 is 1.90 bits per heavy atom. The number of benzene rings is 3. The third-order valence-corrected chi connectivity index (χ3v) is 7.83. The lowest BCUT2D eigenvalue weighted by atomic mass is 9.85. The molecule has 3 aromatic rings. The molecule has 0 radical (unpaired) electrons. The molecule has 0 aromatic heterocycles. The molecule has 2 aliphatic rings. The summed E-state index contributed by atoms with van der Waals surface area (Å²) >= 11 is 0. The molecule has 1 N–H and O–H groups in total. The van der Waals surface area contributed by atoms with E-state index in [1.165, 1.54) is 0 Å². The second-order valence-corrected chi connectivity index (χ2v) is 10.1. The summed E-state index contributed by atoms with van der Waals surface area (Å²) in [5.74, 6) is 4.31. The highest BCUT2D eigenvalue weighted by Gasteiger charge is 2.41. The highest BCUT2D eigenvalue weighted by atomic mass is 16.7. The van der Waals surface area contributed by atoms with Gasteiger partial charge in [-0.15, -0.1) is 0 Å². The van der Waals surface area contributed by atoms with Gasteiger partial charge in [-0.1, -0.05) is 32.0 Å². The van der Waals surface area contributed by atoms with E-state index in [0.717, 1.165) is 11.1 Å². The van der Waals surface area contributed by atoms with Crippen molar-refractivity contribution in [2.24, 2.45) is 11.8 Å². The smallest absolute Gasteiger partial charge is 0.231 e. The van der Waals surface area contributed by atoms with Crippen LogP contribution in [0.15, 0.2) is 54.6 Å². The summed E-state index contributed by atoms with van der Waals surface area (Å²) in [5.41, 5.74) is 2.74. The standard InChI is InChI=1S/C31H36O8/c1-17-18(2)31(39-30(17)21-8-10-23(33-4)26(14-21)34-5)22-9-12-25(27(15-22)35-6)38-19(3)29(32)20-7-11-24-28(13-20)37-16-36-24/h7-15,17-19,29-32H,16H2,1-6H3/t17-,18-,19-,29+,30+,31+/m1/s1. The molecule has 0 amide bonds. The summed E-state index contributed by atoms with van der Waals surface area (Å²) < 4.78 is 40.2. The van der Waals surface area contributed by atoms with Gasteiger partial charge in [-0.3, -0.25) is 0 Å². The molecule has 0 spiro atoms. The van der Waals surface area contributed by atoms with Crippen molar-refractivity contribution in [3.63, 3.8) is 0 Å². The normalized spacial score (nSPS) is 23.3. The summed E-state index contributed by atoms with van der Waals surface area (Å²) in [5, 5.41) is 10.9. The van der Waals surface area contributed by atoms with E-state index in [0.29, 0.717) is 40.1 Å². The van der Waals surface area contributed by atoms with Crippen LogP contribution in [0.1, 0.15) is 55.8 Å². The minimum atomic E-state index is -0.870. The topological polar surface area (TPSA) is 84.8 Å². The maximum atomic E-state index is 10.9. The Morgan fingerprint density at radius 2 is 1.28 bits per heavy atom. The second-order valence-electron chi connectivity index (χ2n) is 10.1. The van der Waals surface area contributed by atoms with Crippen LogP contribution in [0, 0.1) is 11.8 Å². The summed E-state index contributed by atoms with van der Waals surface area (Å²) in [6.45, 7) is 6.42. The van der Waals surface area contributed by atoms with Crippen molar-refractivity contribution < 1.29 is 38.3 Å². The second kappa shape index (κ2) is 11.2. The molecule has 8 heteroatoms. The fourth-order valence-electron chi connectivity index (χ4n) is 5.34. The Kier molecular flexibility index (Phi) is 7.77. The Morgan fingerprint density at radius 1 is 0.718 bits per heavy atom. The number of fused-ring (bicyclic) bond motifs is 1. The zero-order valence-electron chi connectivity index (χ0n) is 23.2. The lowest BCUT2D eigenvalue weighted by molar-refractivity contribution is 0.0284. The van der Waals surface area contributed by atoms with Gasteiger partial charge < -0.3 is 38.3 Å². The third kappa shape index (κ3) is 5.18. The molecular weight excluding hydrogens is 500 g/mol. The highest BCUT2D eigenvalue weighted by Crippen LogP contribution is 2.51. The average molecular weight is 537 g/mol. The first-order chi connectivity index (χ1) is 18.8. The zero-order chi connectivity index (χ0) is 27.7. The van der Waals surface area contributed by atoms with Crippen molar-refractivity contribution in [3.05, 3.63) is 71.3 Å². The number of hydrogen-bond acceptors (Lipinski definition) is 8. The average Bonchev–Trinajstić information content (AvgIpc) is 3.56. The number of aliphatic hydroxyl groups excluding tert-OH is 1. The Bertz CT molecular complexity index is 1310. The van der Waals surface area contributed by atoms with Crippen LogP contribution in [-0.2, 0) is 4.74 Å². The van der Waals surface area contributed by atoms with Crippen LogP contribution >= 0.6 is 0 Å². The summed E-state index contributed by atoms with van der Waals surface area (Å²) in [4.78, 5) is 0. The summed E-state index contributed by atoms with van der Waals surface area (Å²) in [7, 11) is 4.87. The lowest BCUT2D eigenvalue weighted by Crippen LogP contribution is -2.22. The van der Waals surface area contributed by atoms with Gasteiger partial charge in [0, 0.05) is 0 Å². The molecule has 6 atom stereocenters. The molecule has 5 rings (SSSR count). The van der Waals surface area contributed by atoms with Crippen LogP contribution in [0.2, 0.25) is 0 Å². The van der Waals surface area contributed by atoms with Crippen molar-refractivity contribution >= 4 is 0 Å². The number of ether oxygens (including phenoxy) is 7. The fourth-order valence-corrected chi connectivity index (χ4v) is 5.34. The number of aliphatic hydroxyl groups is 1. The van der Waals surface area contributed by atoms with Crippen molar-refractivity contribution in [3.8, 4) is 34.5 Å². The van der Waals surface area contributed by atoms with E-state index < -0.39 is 12.2 Å². The maximum absolute atomic E-state index is 10.9. The van der Waals surface area contributed by atoms with Gasteiger partial charge >= 0.3 is 0 Å². The van der Waals surface area contributed by atoms with Crippen LogP contribution in [0.4, 0.5) is 0 Å². The van der Waals surface area contributed by atoms with E-state index in [2.05, 4.69) is 13.8 Å². The van der Waals surface area contributed by atoms with Gasteiger partial charge in [0.05, 0.1) is 33.5 Å². The molecule has 1 saturated heterocycles. The minimum Gasteiger partial charge on any atom is -0.493 e. The molecule has 0 bridgehead atoms. The van der Waals surface area contributed by atoms with Crippen LogP contribution in [0.3, 0.4) is 0 Å². The van der Waals surface area contributed by atoms with Gasteiger partial charge in [0.25, 0.3) is 0 Å². The third-order valence-electron chi connectivity index (χ3n) is 7.83. The van der Waals surface area contributed by atoms with E-state index in [9.17, 15) is 5.11 Å². The summed E-state index contributed by atoms with van der Waals surface area (Å²) in [6.07, 6.45) is -1.63. The molecule has 2 aliphatic heterocycles.